The van der Waals surface area contributed by atoms with Crippen LogP contribution in [0, 0.1) is 0 Å². The number of hydrogen-bond acceptors (Lipinski definition) is 2. The third-order valence-electron chi connectivity index (χ3n) is 1.57. The van der Waals surface area contributed by atoms with Gasteiger partial charge in [-0.25, -0.2) is 0 Å². The van der Waals surface area contributed by atoms with Crippen molar-refractivity contribution in [1.82, 2.24) is 5.32 Å². The van der Waals surface area contributed by atoms with E-state index in [1.807, 2.05) is 0 Å². The summed E-state index contributed by atoms with van der Waals surface area (Å²) in [4.78, 5) is 0. The summed E-state index contributed by atoms with van der Waals surface area (Å²) in [6.45, 7) is 5.25. The largest absolute Gasteiger partial charge is 0.377 e. The van der Waals surface area contributed by atoms with Crippen molar-refractivity contribution in [3.05, 3.63) is 0 Å². The summed E-state index contributed by atoms with van der Waals surface area (Å²) in [6, 6.07) is 0. The van der Waals surface area contributed by atoms with Crippen LogP contribution in [-0.2, 0) is 4.74 Å². The second kappa shape index (κ2) is 5.96. The molecule has 1 N–H and O–H groups in total. The molecule has 3 heteroatoms. The zero-order valence-corrected chi connectivity index (χ0v) is 7.25. The minimum absolute atomic E-state index is 0. The van der Waals surface area contributed by atoms with Gasteiger partial charge >= 0.3 is 0 Å². The summed E-state index contributed by atoms with van der Waals surface area (Å²) in [5.41, 5.74) is 0. The van der Waals surface area contributed by atoms with E-state index < -0.39 is 0 Å². The molecule has 1 aliphatic rings. The van der Waals surface area contributed by atoms with Crippen LogP contribution in [0.2, 0.25) is 0 Å². The predicted octanol–water partition coefficient (Wildman–Crippen LogP) is 1.20. The molecule has 1 aliphatic heterocycles. The van der Waals surface area contributed by atoms with Crippen LogP contribution >= 0.6 is 12.4 Å². The third kappa shape index (κ3) is 3.40. The van der Waals surface area contributed by atoms with Crippen molar-refractivity contribution in [2.75, 3.05) is 19.7 Å². The Hall–Kier alpha value is 0.210. The van der Waals surface area contributed by atoms with Crippen molar-refractivity contribution in [1.29, 1.82) is 0 Å². The van der Waals surface area contributed by atoms with Crippen molar-refractivity contribution in [3.63, 3.8) is 0 Å². The van der Waals surface area contributed by atoms with E-state index in [9.17, 15) is 0 Å². The Balaban J connectivity index is 0.000000810. The van der Waals surface area contributed by atoms with E-state index >= 15 is 0 Å². The van der Waals surface area contributed by atoms with Gasteiger partial charge in [0.25, 0.3) is 0 Å². The second-order valence-electron chi connectivity index (χ2n) is 2.49. The summed E-state index contributed by atoms with van der Waals surface area (Å²) in [6.07, 6.45) is 2.83. The summed E-state index contributed by atoms with van der Waals surface area (Å²) >= 11 is 0. The lowest BCUT2D eigenvalue weighted by Gasteiger charge is -2.07. The average molecular weight is 166 g/mol. The van der Waals surface area contributed by atoms with Crippen LogP contribution in [-0.4, -0.2) is 25.8 Å². The van der Waals surface area contributed by atoms with Crippen LogP contribution in [0.25, 0.3) is 0 Å². The smallest absolute Gasteiger partial charge is 0.0711 e. The van der Waals surface area contributed by atoms with Crippen LogP contribution in [0.1, 0.15) is 19.8 Å². The molecule has 0 saturated carbocycles. The van der Waals surface area contributed by atoms with Crippen molar-refractivity contribution in [2.45, 2.75) is 25.9 Å². The Bertz CT molecular complexity index is 74.0. The molecule has 0 radical (unpaired) electrons. The maximum atomic E-state index is 5.49. The van der Waals surface area contributed by atoms with Crippen LogP contribution in [0.3, 0.4) is 0 Å². The molecular weight excluding hydrogens is 150 g/mol. The molecule has 62 valence electrons. The lowest BCUT2D eigenvalue weighted by atomic mass is 10.3. The molecule has 0 aromatic carbocycles. The molecule has 1 saturated heterocycles. The van der Waals surface area contributed by atoms with E-state index in [0.717, 1.165) is 26.1 Å². The molecule has 2 nitrogen and oxygen atoms in total. The number of ether oxygens (including phenoxy) is 1. The number of nitrogens with one attached hydrogen (secondary N) is 1. The fraction of sp³-hybridized carbons (Fsp3) is 1.00. The van der Waals surface area contributed by atoms with Crippen LogP contribution < -0.4 is 5.32 Å². The van der Waals surface area contributed by atoms with E-state index in [4.69, 9.17) is 4.74 Å². The number of hydrogen-bond donors (Lipinski definition) is 1. The second-order valence-corrected chi connectivity index (χ2v) is 2.49. The molecule has 0 aliphatic carbocycles. The summed E-state index contributed by atoms with van der Waals surface area (Å²) in [7, 11) is 0. The van der Waals surface area contributed by atoms with Gasteiger partial charge in [0.15, 0.2) is 0 Å². The Labute approximate surface area is 68.7 Å². The summed E-state index contributed by atoms with van der Waals surface area (Å²) in [5.74, 6) is 0. The van der Waals surface area contributed by atoms with Crippen molar-refractivity contribution in [3.8, 4) is 0 Å². The minimum atomic E-state index is 0. The molecule has 0 aromatic rings. The lowest BCUT2D eigenvalue weighted by Crippen LogP contribution is -2.16. The highest BCUT2D eigenvalue weighted by atomic mass is 35.5. The molecule has 1 atom stereocenters. The molecule has 1 fully saturated rings. The fourth-order valence-electron chi connectivity index (χ4n) is 1.05. The first kappa shape index (κ1) is 10.2. The Morgan fingerprint density at radius 1 is 1.60 bits per heavy atom. The van der Waals surface area contributed by atoms with Crippen LogP contribution in [0.4, 0.5) is 0 Å². The SMILES string of the molecule is CCCO[C@@H]1CCNC1.Cl. The van der Waals surface area contributed by atoms with Gasteiger partial charge in [-0.2, -0.15) is 0 Å². The van der Waals surface area contributed by atoms with Gasteiger partial charge in [-0.1, -0.05) is 6.92 Å². The van der Waals surface area contributed by atoms with E-state index in [1.165, 1.54) is 6.42 Å². The normalized spacial score (nSPS) is 24.3. The minimum Gasteiger partial charge on any atom is -0.377 e. The zero-order chi connectivity index (χ0) is 6.53. The molecule has 0 unspecified atom stereocenters. The number of rotatable bonds is 3. The van der Waals surface area contributed by atoms with E-state index in [-0.39, 0.29) is 12.4 Å². The van der Waals surface area contributed by atoms with Gasteiger partial charge in [0, 0.05) is 13.2 Å². The predicted molar refractivity (Wildman–Crippen MR) is 44.8 cm³/mol. The van der Waals surface area contributed by atoms with Gasteiger partial charge in [-0.3, -0.25) is 0 Å². The van der Waals surface area contributed by atoms with Gasteiger partial charge in [0.2, 0.25) is 0 Å². The summed E-state index contributed by atoms with van der Waals surface area (Å²) in [5, 5.41) is 3.26. The zero-order valence-electron chi connectivity index (χ0n) is 6.43. The molecule has 0 bridgehead atoms. The van der Waals surface area contributed by atoms with E-state index in [1.54, 1.807) is 0 Å². The maximum absolute atomic E-state index is 5.49. The molecular formula is C7H16ClNO. The Morgan fingerprint density at radius 3 is 2.90 bits per heavy atom. The summed E-state index contributed by atoms with van der Waals surface area (Å²) < 4.78 is 5.49. The van der Waals surface area contributed by atoms with Crippen LogP contribution in [0.15, 0.2) is 0 Å². The topological polar surface area (TPSA) is 21.3 Å². The van der Waals surface area contributed by atoms with E-state index in [2.05, 4.69) is 12.2 Å². The van der Waals surface area contributed by atoms with E-state index in [0.29, 0.717) is 6.10 Å². The fourth-order valence-corrected chi connectivity index (χ4v) is 1.05. The van der Waals surface area contributed by atoms with Crippen molar-refractivity contribution >= 4 is 12.4 Å². The van der Waals surface area contributed by atoms with Crippen molar-refractivity contribution < 1.29 is 4.74 Å². The standard InChI is InChI=1S/C7H15NO.ClH/c1-2-5-9-7-3-4-8-6-7;/h7-8H,2-6H2,1H3;1H/t7-;/m1./s1. The molecule has 10 heavy (non-hydrogen) atoms. The van der Waals surface area contributed by atoms with Crippen LogP contribution in [0.5, 0.6) is 0 Å². The molecule has 0 amide bonds. The molecule has 1 heterocycles. The van der Waals surface area contributed by atoms with Gasteiger partial charge in [0.1, 0.15) is 0 Å². The number of halogens is 1. The third-order valence-corrected chi connectivity index (χ3v) is 1.57. The average Bonchev–Trinajstić information content (AvgIpc) is 2.34. The highest BCUT2D eigenvalue weighted by Gasteiger charge is 2.13. The van der Waals surface area contributed by atoms with Gasteiger partial charge in [0.05, 0.1) is 6.10 Å². The first-order valence-electron chi connectivity index (χ1n) is 3.76. The first-order chi connectivity index (χ1) is 4.43. The highest BCUT2D eigenvalue weighted by molar-refractivity contribution is 5.85. The Morgan fingerprint density at radius 2 is 2.40 bits per heavy atom. The highest BCUT2D eigenvalue weighted by Crippen LogP contribution is 2.02. The quantitative estimate of drug-likeness (QED) is 0.679. The Kier molecular flexibility index (Phi) is 6.08. The van der Waals surface area contributed by atoms with Gasteiger partial charge < -0.3 is 10.1 Å². The van der Waals surface area contributed by atoms with Gasteiger partial charge in [-0.15, -0.1) is 12.4 Å². The lowest BCUT2D eigenvalue weighted by molar-refractivity contribution is 0.0676. The van der Waals surface area contributed by atoms with Crippen molar-refractivity contribution in [2.24, 2.45) is 0 Å². The molecule has 0 spiro atoms. The first-order valence-corrected chi connectivity index (χ1v) is 3.76. The maximum Gasteiger partial charge on any atom is 0.0711 e. The van der Waals surface area contributed by atoms with Gasteiger partial charge in [-0.05, 0) is 19.4 Å². The molecule has 0 aromatic heterocycles. The molecule has 1 rings (SSSR count). The monoisotopic (exact) mass is 165 g/mol.